The Labute approximate surface area is 145 Å². The summed E-state index contributed by atoms with van der Waals surface area (Å²) in [4.78, 5) is 5.86. The molecule has 1 saturated heterocycles. The summed E-state index contributed by atoms with van der Waals surface area (Å²) in [5.41, 5.74) is 0.984. The fraction of sp³-hybridized carbons (Fsp3) is 0.588. The highest BCUT2D eigenvalue weighted by molar-refractivity contribution is 5.80. The monoisotopic (exact) mass is 360 g/mol. The molecule has 2 rings (SSSR count). The van der Waals surface area contributed by atoms with Crippen molar-refractivity contribution in [2.24, 2.45) is 4.99 Å². The van der Waals surface area contributed by atoms with Crippen LogP contribution in [0.15, 0.2) is 29.3 Å². The van der Waals surface area contributed by atoms with Crippen LogP contribution in [0.2, 0.25) is 0 Å². The first-order valence-corrected chi connectivity index (χ1v) is 8.44. The van der Waals surface area contributed by atoms with E-state index >= 15 is 0 Å². The Balaban J connectivity index is 1.82. The molecule has 1 atom stereocenters. The Morgan fingerprint density at radius 2 is 2.00 bits per heavy atom. The topological polar surface area (TPSA) is 39.7 Å². The first kappa shape index (κ1) is 19.5. The number of benzene rings is 1. The van der Waals surface area contributed by atoms with Gasteiger partial charge in [0.1, 0.15) is 5.82 Å². The zero-order valence-corrected chi connectivity index (χ0v) is 14.2. The molecule has 1 aliphatic heterocycles. The van der Waals surface area contributed by atoms with E-state index in [0.29, 0.717) is 45.0 Å². The highest BCUT2D eigenvalue weighted by Gasteiger charge is 2.34. The molecule has 1 unspecified atom stereocenters. The lowest BCUT2D eigenvalue weighted by atomic mass is 10.1. The molecule has 1 aromatic rings. The Bertz CT molecular complexity index is 557. The highest BCUT2D eigenvalue weighted by Crippen LogP contribution is 2.19. The molecule has 0 radical (unpaired) electrons. The van der Waals surface area contributed by atoms with Crippen molar-refractivity contribution in [2.45, 2.75) is 32.0 Å². The van der Waals surface area contributed by atoms with E-state index in [4.69, 9.17) is 0 Å². The summed E-state index contributed by atoms with van der Waals surface area (Å²) in [5.74, 6) is 0.329. The maximum atomic E-state index is 12.9. The SMILES string of the molecule is CCNC(=NCCc1ccc(F)cc1)NC1CCN(CC(F)(F)F)C1. The van der Waals surface area contributed by atoms with Crippen LogP contribution in [0.4, 0.5) is 17.6 Å². The summed E-state index contributed by atoms with van der Waals surface area (Å²) in [6.45, 7) is 3.01. The van der Waals surface area contributed by atoms with Gasteiger partial charge in [0, 0.05) is 32.2 Å². The number of nitrogens with one attached hydrogen (secondary N) is 2. The Kier molecular flexibility index (Phi) is 7.04. The van der Waals surface area contributed by atoms with E-state index in [-0.39, 0.29) is 11.9 Å². The Morgan fingerprint density at radius 1 is 1.28 bits per heavy atom. The molecule has 8 heteroatoms. The van der Waals surface area contributed by atoms with Crippen LogP contribution >= 0.6 is 0 Å². The number of hydrogen-bond donors (Lipinski definition) is 2. The van der Waals surface area contributed by atoms with Gasteiger partial charge < -0.3 is 10.6 Å². The van der Waals surface area contributed by atoms with Crippen molar-refractivity contribution >= 4 is 5.96 Å². The van der Waals surface area contributed by atoms with E-state index in [1.165, 1.54) is 17.0 Å². The van der Waals surface area contributed by atoms with E-state index in [9.17, 15) is 17.6 Å². The lowest BCUT2D eigenvalue weighted by Gasteiger charge is -2.19. The molecule has 1 aromatic carbocycles. The molecule has 25 heavy (non-hydrogen) atoms. The zero-order chi connectivity index (χ0) is 18.3. The van der Waals surface area contributed by atoms with Crippen LogP contribution in [0.25, 0.3) is 0 Å². The Hall–Kier alpha value is -1.83. The van der Waals surface area contributed by atoms with Crippen molar-refractivity contribution in [2.75, 3.05) is 32.7 Å². The smallest absolute Gasteiger partial charge is 0.357 e. The summed E-state index contributed by atoms with van der Waals surface area (Å²) in [6, 6.07) is 6.21. The van der Waals surface area contributed by atoms with E-state index in [0.717, 1.165) is 5.56 Å². The first-order valence-electron chi connectivity index (χ1n) is 8.44. The molecule has 2 N–H and O–H groups in total. The van der Waals surface area contributed by atoms with E-state index in [1.807, 2.05) is 6.92 Å². The van der Waals surface area contributed by atoms with Gasteiger partial charge in [0.05, 0.1) is 6.54 Å². The van der Waals surface area contributed by atoms with Gasteiger partial charge in [0.2, 0.25) is 0 Å². The second kappa shape index (κ2) is 9.03. The van der Waals surface area contributed by atoms with Gasteiger partial charge in [-0.2, -0.15) is 13.2 Å². The maximum absolute atomic E-state index is 12.9. The van der Waals surface area contributed by atoms with Crippen molar-refractivity contribution in [3.8, 4) is 0 Å². The molecule has 0 aromatic heterocycles. The summed E-state index contributed by atoms with van der Waals surface area (Å²) in [6.07, 6.45) is -2.84. The number of nitrogens with zero attached hydrogens (tertiary/aromatic N) is 2. The average molecular weight is 360 g/mol. The summed E-state index contributed by atoms with van der Waals surface area (Å²) in [7, 11) is 0. The summed E-state index contributed by atoms with van der Waals surface area (Å²) in [5, 5.41) is 6.30. The van der Waals surface area contributed by atoms with Gasteiger partial charge in [-0.15, -0.1) is 0 Å². The molecule has 1 fully saturated rings. The molecular formula is C17H24F4N4. The van der Waals surface area contributed by atoms with Crippen molar-refractivity contribution in [3.05, 3.63) is 35.6 Å². The third-order valence-electron chi connectivity index (χ3n) is 3.94. The average Bonchev–Trinajstić information content (AvgIpc) is 2.94. The molecule has 0 spiro atoms. The van der Waals surface area contributed by atoms with Gasteiger partial charge in [-0.05, 0) is 37.5 Å². The molecule has 1 heterocycles. The minimum atomic E-state index is -4.16. The maximum Gasteiger partial charge on any atom is 0.401 e. The van der Waals surface area contributed by atoms with Crippen LogP contribution in [0, 0.1) is 5.82 Å². The number of guanidine groups is 1. The molecular weight excluding hydrogens is 336 g/mol. The number of aliphatic imine (C=N–C) groups is 1. The number of hydrogen-bond acceptors (Lipinski definition) is 2. The predicted octanol–water partition coefficient (Wildman–Crippen LogP) is 2.56. The third-order valence-corrected chi connectivity index (χ3v) is 3.94. The van der Waals surface area contributed by atoms with Crippen molar-refractivity contribution in [3.63, 3.8) is 0 Å². The van der Waals surface area contributed by atoms with Gasteiger partial charge in [-0.3, -0.25) is 9.89 Å². The van der Waals surface area contributed by atoms with Gasteiger partial charge in [-0.25, -0.2) is 4.39 Å². The van der Waals surface area contributed by atoms with E-state index < -0.39 is 12.7 Å². The fourth-order valence-corrected chi connectivity index (χ4v) is 2.81. The predicted molar refractivity (Wildman–Crippen MR) is 90.1 cm³/mol. The molecule has 1 aliphatic rings. The molecule has 0 amide bonds. The van der Waals surface area contributed by atoms with Crippen LogP contribution in [0.5, 0.6) is 0 Å². The lowest BCUT2D eigenvalue weighted by molar-refractivity contribution is -0.143. The van der Waals surface area contributed by atoms with Crippen LogP contribution in [-0.4, -0.2) is 55.8 Å². The Morgan fingerprint density at radius 3 is 2.64 bits per heavy atom. The normalized spacial score (nSPS) is 19.2. The second-order valence-electron chi connectivity index (χ2n) is 6.12. The van der Waals surface area contributed by atoms with Crippen LogP contribution in [0.1, 0.15) is 18.9 Å². The summed E-state index contributed by atoms with van der Waals surface area (Å²) >= 11 is 0. The largest absolute Gasteiger partial charge is 0.401 e. The van der Waals surface area contributed by atoms with Crippen LogP contribution in [0.3, 0.4) is 0 Å². The van der Waals surface area contributed by atoms with Gasteiger partial charge in [-0.1, -0.05) is 12.1 Å². The molecule has 0 aliphatic carbocycles. The summed E-state index contributed by atoms with van der Waals surface area (Å²) < 4.78 is 50.2. The highest BCUT2D eigenvalue weighted by atomic mass is 19.4. The molecule has 140 valence electrons. The van der Waals surface area contributed by atoms with Crippen LogP contribution in [-0.2, 0) is 6.42 Å². The first-order chi connectivity index (χ1) is 11.9. The number of alkyl halides is 3. The third kappa shape index (κ3) is 7.29. The zero-order valence-electron chi connectivity index (χ0n) is 14.2. The quantitative estimate of drug-likeness (QED) is 0.465. The van der Waals surface area contributed by atoms with E-state index in [2.05, 4.69) is 15.6 Å². The van der Waals surface area contributed by atoms with Crippen LogP contribution < -0.4 is 10.6 Å². The van der Waals surface area contributed by atoms with Crippen molar-refractivity contribution in [1.82, 2.24) is 15.5 Å². The number of likely N-dealkylation sites (tertiary alicyclic amines) is 1. The van der Waals surface area contributed by atoms with Gasteiger partial charge >= 0.3 is 6.18 Å². The molecule has 4 nitrogen and oxygen atoms in total. The lowest BCUT2D eigenvalue weighted by Crippen LogP contribution is -2.45. The fourth-order valence-electron chi connectivity index (χ4n) is 2.81. The van der Waals surface area contributed by atoms with Crippen molar-refractivity contribution < 1.29 is 17.6 Å². The standard InChI is InChI=1S/C17H24F4N4/c1-2-22-16(23-9-7-13-3-5-14(18)6-4-13)24-15-8-10-25(11-15)12-17(19,20)21/h3-6,15H,2,7-12H2,1H3,(H2,22,23,24). The molecule has 0 saturated carbocycles. The minimum absolute atomic E-state index is 0.0500. The van der Waals surface area contributed by atoms with E-state index in [1.54, 1.807) is 12.1 Å². The van der Waals surface area contributed by atoms with Gasteiger partial charge in [0.15, 0.2) is 5.96 Å². The minimum Gasteiger partial charge on any atom is -0.357 e. The number of rotatable bonds is 6. The van der Waals surface area contributed by atoms with Gasteiger partial charge in [0.25, 0.3) is 0 Å². The molecule has 0 bridgehead atoms. The number of halogens is 4. The van der Waals surface area contributed by atoms with Crippen molar-refractivity contribution in [1.29, 1.82) is 0 Å². The second-order valence-corrected chi connectivity index (χ2v) is 6.12.